The fourth-order valence-electron chi connectivity index (χ4n) is 1.55. The molecule has 4 nitrogen and oxygen atoms in total. The van der Waals surface area contributed by atoms with Gasteiger partial charge in [0.25, 0.3) is 0 Å². The predicted octanol–water partition coefficient (Wildman–Crippen LogP) is 2.63. The summed E-state index contributed by atoms with van der Waals surface area (Å²) in [5, 5.41) is 0. The molecule has 2 rings (SSSR count). The lowest BCUT2D eigenvalue weighted by Crippen LogP contribution is -2.03. The van der Waals surface area contributed by atoms with Crippen molar-refractivity contribution >= 4 is 11.8 Å². The van der Waals surface area contributed by atoms with Crippen LogP contribution in [0.4, 0.5) is 0 Å². The molecule has 0 aliphatic carbocycles. The molecule has 0 unspecified atom stereocenters. The van der Waals surface area contributed by atoms with Crippen molar-refractivity contribution in [2.45, 2.75) is 13.3 Å². The quantitative estimate of drug-likeness (QED) is 0.471. The van der Waals surface area contributed by atoms with Gasteiger partial charge in [-0.25, -0.2) is 0 Å². The lowest BCUT2D eigenvalue weighted by Gasteiger charge is -2.02. The summed E-state index contributed by atoms with van der Waals surface area (Å²) < 4.78 is 9.93. The molecule has 4 heteroatoms. The topological polar surface area (TPSA) is 56.5 Å². The van der Waals surface area contributed by atoms with E-state index in [1.807, 2.05) is 0 Å². The average Bonchev–Trinajstić information content (AvgIpc) is 2.84. The molecule has 1 aromatic heterocycles. The maximum absolute atomic E-state index is 11.8. The van der Waals surface area contributed by atoms with E-state index in [0.717, 1.165) is 5.56 Å². The second-order valence-corrected chi connectivity index (χ2v) is 3.81. The molecule has 0 saturated carbocycles. The summed E-state index contributed by atoms with van der Waals surface area (Å²) in [6.45, 7) is 1.34. The molecule has 92 valence electrons. The minimum Gasteiger partial charge on any atom is -0.461 e. The van der Waals surface area contributed by atoms with Crippen LogP contribution in [0.15, 0.2) is 47.1 Å². The van der Waals surface area contributed by atoms with Crippen LogP contribution in [-0.4, -0.2) is 11.8 Å². The van der Waals surface area contributed by atoms with Crippen LogP contribution in [0, 0.1) is 0 Å². The first-order chi connectivity index (χ1) is 8.65. The highest BCUT2D eigenvalue weighted by atomic mass is 16.5. The third-order valence-electron chi connectivity index (χ3n) is 2.35. The molecule has 0 aliphatic rings. The van der Waals surface area contributed by atoms with E-state index in [1.165, 1.54) is 13.2 Å². The van der Waals surface area contributed by atoms with Crippen molar-refractivity contribution in [2.24, 2.45) is 0 Å². The molecule has 0 amide bonds. The minimum absolute atomic E-state index is 0.0831. The number of Topliss-reactive ketones (excluding diaryl/α,β-unsaturated/α-hetero) is 1. The smallest absolute Gasteiger partial charge is 0.308 e. The summed E-state index contributed by atoms with van der Waals surface area (Å²) >= 11 is 0. The van der Waals surface area contributed by atoms with Crippen molar-refractivity contribution < 1.29 is 18.7 Å². The van der Waals surface area contributed by atoms with Gasteiger partial charge in [-0.2, -0.15) is 0 Å². The molecule has 0 bridgehead atoms. The maximum atomic E-state index is 11.8. The van der Waals surface area contributed by atoms with Gasteiger partial charge in [-0.15, -0.1) is 0 Å². The molecule has 0 radical (unpaired) electrons. The number of benzene rings is 1. The number of ketones is 1. The zero-order chi connectivity index (χ0) is 13.0. The summed E-state index contributed by atoms with van der Waals surface area (Å²) in [6, 6.07) is 10.1. The van der Waals surface area contributed by atoms with E-state index in [-0.39, 0.29) is 18.2 Å². The summed E-state index contributed by atoms with van der Waals surface area (Å²) in [6.07, 6.45) is 1.73. The Bertz CT molecular complexity index is 538. The van der Waals surface area contributed by atoms with Crippen LogP contribution in [0.25, 0.3) is 0 Å². The number of ether oxygens (including phenoxy) is 1. The monoisotopic (exact) mass is 244 g/mol. The Balaban J connectivity index is 2.02. The van der Waals surface area contributed by atoms with Gasteiger partial charge in [-0.3, -0.25) is 9.59 Å². The van der Waals surface area contributed by atoms with E-state index in [1.54, 1.807) is 36.4 Å². The molecule has 1 heterocycles. The van der Waals surface area contributed by atoms with Crippen LogP contribution in [0.1, 0.15) is 23.0 Å². The molecule has 0 fully saturated rings. The fraction of sp³-hybridized carbons (Fsp3) is 0.143. The maximum Gasteiger partial charge on any atom is 0.308 e. The zero-order valence-corrected chi connectivity index (χ0v) is 9.88. The van der Waals surface area contributed by atoms with Crippen LogP contribution >= 0.6 is 0 Å². The molecule has 0 saturated heterocycles. The van der Waals surface area contributed by atoms with Crippen molar-refractivity contribution in [3.63, 3.8) is 0 Å². The summed E-state index contributed by atoms with van der Waals surface area (Å²) in [5.74, 6) is 0.366. The van der Waals surface area contributed by atoms with E-state index in [0.29, 0.717) is 11.5 Å². The molecule has 18 heavy (non-hydrogen) atoms. The highest BCUT2D eigenvalue weighted by molar-refractivity contribution is 5.94. The van der Waals surface area contributed by atoms with Crippen molar-refractivity contribution in [2.75, 3.05) is 0 Å². The highest BCUT2D eigenvalue weighted by Gasteiger charge is 2.09. The van der Waals surface area contributed by atoms with Gasteiger partial charge in [0.1, 0.15) is 5.75 Å². The summed E-state index contributed by atoms with van der Waals surface area (Å²) in [7, 11) is 0. The van der Waals surface area contributed by atoms with Crippen molar-refractivity contribution in [1.29, 1.82) is 0 Å². The van der Waals surface area contributed by atoms with Gasteiger partial charge in [0.05, 0.1) is 6.26 Å². The number of esters is 1. The third-order valence-corrected chi connectivity index (χ3v) is 2.35. The van der Waals surface area contributed by atoms with E-state index >= 15 is 0 Å². The normalized spacial score (nSPS) is 10.1. The molecule has 0 atom stereocenters. The number of hydrogen-bond acceptors (Lipinski definition) is 4. The Morgan fingerprint density at radius 3 is 2.44 bits per heavy atom. The van der Waals surface area contributed by atoms with Gasteiger partial charge in [0, 0.05) is 13.3 Å². The van der Waals surface area contributed by atoms with Crippen molar-refractivity contribution in [3.05, 3.63) is 54.0 Å². The molecule has 0 aliphatic heterocycles. The number of carbonyl (C=O) groups excluding carboxylic acids is 2. The van der Waals surface area contributed by atoms with E-state index in [9.17, 15) is 9.59 Å². The third kappa shape index (κ3) is 3.07. The Morgan fingerprint density at radius 2 is 1.89 bits per heavy atom. The SMILES string of the molecule is CC(=O)Oc1ccc(CC(=O)c2ccco2)cc1. The lowest BCUT2D eigenvalue weighted by molar-refractivity contribution is -0.131. The molecule has 0 spiro atoms. The zero-order valence-electron chi connectivity index (χ0n) is 9.88. The molecule has 0 N–H and O–H groups in total. The Hall–Kier alpha value is -2.36. The number of rotatable bonds is 4. The molecular weight excluding hydrogens is 232 g/mol. The van der Waals surface area contributed by atoms with E-state index in [4.69, 9.17) is 9.15 Å². The first kappa shape index (κ1) is 12.1. The minimum atomic E-state index is -0.366. The van der Waals surface area contributed by atoms with Gasteiger partial charge in [0.2, 0.25) is 5.78 Å². The van der Waals surface area contributed by atoms with Crippen LogP contribution in [0.2, 0.25) is 0 Å². The van der Waals surface area contributed by atoms with Crippen molar-refractivity contribution in [1.82, 2.24) is 0 Å². The Kier molecular flexibility index (Phi) is 3.57. The van der Waals surface area contributed by atoms with Crippen LogP contribution < -0.4 is 4.74 Å². The number of hydrogen-bond donors (Lipinski definition) is 0. The van der Waals surface area contributed by atoms with Crippen LogP contribution in [0.5, 0.6) is 5.75 Å². The van der Waals surface area contributed by atoms with Gasteiger partial charge >= 0.3 is 5.97 Å². The van der Waals surface area contributed by atoms with E-state index < -0.39 is 0 Å². The molecule has 1 aromatic carbocycles. The fourth-order valence-corrected chi connectivity index (χ4v) is 1.55. The summed E-state index contributed by atoms with van der Waals surface area (Å²) in [5.41, 5.74) is 0.840. The number of carbonyl (C=O) groups is 2. The van der Waals surface area contributed by atoms with Gasteiger partial charge in [-0.1, -0.05) is 12.1 Å². The molecule has 2 aromatic rings. The Labute approximate surface area is 104 Å². The van der Waals surface area contributed by atoms with E-state index in [2.05, 4.69) is 0 Å². The summed E-state index contributed by atoms with van der Waals surface area (Å²) in [4.78, 5) is 22.5. The lowest BCUT2D eigenvalue weighted by atomic mass is 10.1. The van der Waals surface area contributed by atoms with Crippen LogP contribution in [0.3, 0.4) is 0 Å². The Morgan fingerprint density at radius 1 is 1.17 bits per heavy atom. The largest absolute Gasteiger partial charge is 0.461 e. The molecular formula is C14H12O4. The van der Waals surface area contributed by atoms with Crippen LogP contribution in [-0.2, 0) is 11.2 Å². The van der Waals surface area contributed by atoms with Gasteiger partial charge in [-0.05, 0) is 29.8 Å². The van der Waals surface area contributed by atoms with Crippen molar-refractivity contribution in [3.8, 4) is 5.75 Å². The second kappa shape index (κ2) is 5.31. The van der Waals surface area contributed by atoms with Gasteiger partial charge < -0.3 is 9.15 Å². The predicted molar refractivity (Wildman–Crippen MR) is 64.5 cm³/mol. The standard InChI is InChI=1S/C14H12O4/c1-10(15)18-12-6-4-11(5-7-12)9-13(16)14-3-2-8-17-14/h2-8H,9H2,1H3. The number of furan rings is 1. The second-order valence-electron chi connectivity index (χ2n) is 3.81. The van der Waals surface area contributed by atoms with Gasteiger partial charge in [0.15, 0.2) is 5.76 Å². The highest BCUT2D eigenvalue weighted by Crippen LogP contribution is 2.14. The first-order valence-electron chi connectivity index (χ1n) is 5.49. The average molecular weight is 244 g/mol. The first-order valence-corrected chi connectivity index (χ1v) is 5.49.